The second-order valence-electron chi connectivity index (χ2n) is 9.64. The fraction of sp³-hybridized carbons (Fsp3) is 0.188. The maximum atomic E-state index is 12.9. The quantitative estimate of drug-likeness (QED) is 0.253. The Labute approximate surface area is 232 Å². The summed E-state index contributed by atoms with van der Waals surface area (Å²) in [5, 5.41) is 7.33. The van der Waals surface area contributed by atoms with Gasteiger partial charge in [-0.25, -0.2) is 9.80 Å². The molecule has 6 heteroatoms. The van der Waals surface area contributed by atoms with Gasteiger partial charge in [0.1, 0.15) is 0 Å². The Hall–Kier alpha value is -3.48. The molecule has 2 aliphatic heterocycles. The minimum atomic E-state index is -0.725. The minimum absolute atomic E-state index is 0.350. The van der Waals surface area contributed by atoms with Gasteiger partial charge in [0.25, 0.3) is 0 Å². The van der Waals surface area contributed by atoms with Crippen molar-refractivity contribution in [1.82, 2.24) is 0 Å². The molecule has 4 aromatic rings. The average Bonchev–Trinajstić information content (AvgIpc) is 3.46. The fourth-order valence-corrected chi connectivity index (χ4v) is 9.37. The van der Waals surface area contributed by atoms with E-state index in [4.69, 9.17) is 9.84 Å². The first-order valence-electron chi connectivity index (χ1n) is 12.6. The highest BCUT2D eigenvalue weighted by atomic mass is 32.2. The Morgan fingerprint density at radius 3 is 1.76 bits per heavy atom. The number of thioether (sulfide) groups is 2. The Balaban J connectivity index is 1.69. The highest BCUT2D eigenvalue weighted by Crippen LogP contribution is 2.71. The van der Waals surface area contributed by atoms with Crippen molar-refractivity contribution in [1.29, 1.82) is 0 Å². The zero-order valence-corrected chi connectivity index (χ0v) is 23.4. The second-order valence-corrected chi connectivity index (χ2v) is 12.5. The van der Waals surface area contributed by atoms with Crippen molar-refractivity contribution in [2.24, 2.45) is 5.10 Å². The van der Waals surface area contributed by atoms with Crippen LogP contribution in [0.5, 0.6) is 0 Å². The molecule has 0 saturated carbocycles. The van der Waals surface area contributed by atoms with E-state index in [9.17, 15) is 4.79 Å². The Morgan fingerprint density at radius 2 is 1.21 bits per heavy atom. The van der Waals surface area contributed by atoms with Crippen LogP contribution in [0.1, 0.15) is 38.9 Å². The molecular formula is C32H28N2O2S2. The first-order valence-corrected chi connectivity index (χ1v) is 14.2. The molecule has 0 amide bonds. The van der Waals surface area contributed by atoms with Crippen LogP contribution in [-0.2, 0) is 18.5 Å². The fourth-order valence-electron chi connectivity index (χ4n) is 5.63. The van der Waals surface area contributed by atoms with Crippen LogP contribution >= 0.6 is 23.5 Å². The number of hydrogen-bond donors (Lipinski definition) is 0. The Bertz CT molecular complexity index is 1550. The molecule has 4 nitrogen and oxygen atoms in total. The number of esters is 1. The molecule has 2 aliphatic rings. The molecule has 6 rings (SSSR count). The molecule has 1 spiro atoms. The lowest BCUT2D eigenvalue weighted by molar-refractivity contribution is -0.132. The number of methoxy groups -OCH3 is 1. The van der Waals surface area contributed by atoms with Crippen LogP contribution < -0.4 is 5.01 Å². The molecule has 0 saturated heterocycles. The molecule has 4 aromatic carbocycles. The topological polar surface area (TPSA) is 41.9 Å². The van der Waals surface area contributed by atoms with Gasteiger partial charge in [-0.1, -0.05) is 115 Å². The van der Waals surface area contributed by atoms with E-state index in [1.165, 1.54) is 46.7 Å². The van der Waals surface area contributed by atoms with E-state index in [2.05, 4.69) is 106 Å². The third-order valence-electron chi connectivity index (χ3n) is 7.40. The summed E-state index contributed by atoms with van der Waals surface area (Å²) in [6.07, 6.45) is 0. The number of anilines is 1. The predicted molar refractivity (Wildman–Crippen MR) is 159 cm³/mol. The van der Waals surface area contributed by atoms with Crippen LogP contribution in [0, 0.1) is 20.8 Å². The van der Waals surface area contributed by atoms with Crippen LogP contribution in [0.25, 0.3) is 0 Å². The lowest BCUT2D eigenvalue weighted by atomic mass is 9.79. The number of benzene rings is 4. The van der Waals surface area contributed by atoms with Crippen molar-refractivity contribution in [3.63, 3.8) is 0 Å². The summed E-state index contributed by atoms with van der Waals surface area (Å²) in [5.41, 5.74) is 9.30. The number of carbonyl (C=O) groups is 1. The van der Waals surface area contributed by atoms with Gasteiger partial charge in [-0.15, -0.1) is 0 Å². The van der Waals surface area contributed by atoms with Crippen LogP contribution in [0.4, 0.5) is 5.69 Å². The molecular weight excluding hydrogens is 508 g/mol. The van der Waals surface area contributed by atoms with Crippen LogP contribution in [0.3, 0.4) is 0 Å². The summed E-state index contributed by atoms with van der Waals surface area (Å²) >= 11 is 3.32. The summed E-state index contributed by atoms with van der Waals surface area (Å²) in [4.78, 5) is 12.9. The van der Waals surface area contributed by atoms with Crippen LogP contribution in [0.15, 0.2) is 102 Å². The highest BCUT2D eigenvalue weighted by molar-refractivity contribution is 8.27. The van der Waals surface area contributed by atoms with E-state index in [0.29, 0.717) is 5.04 Å². The van der Waals surface area contributed by atoms with Gasteiger partial charge < -0.3 is 4.74 Å². The van der Waals surface area contributed by atoms with Crippen LogP contribution in [0.2, 0.25) is 0 Å². The summed E-state index contributed by atoms with van der Waals surface area (Å²) in [5.74, 6) is -0.423. The molecule has 38 heavy (non-hydrogen) atoms. The molecule has 0 N–H and O–H groups in total. The maximum Gasteiger partial charge on any atom is 0.365 e. The minimum Gasteiger partial charge on any atom is -0.464 e. The first kappa shape index (κ1) is 24.8. The number of para-hydroxylation sites is 1. The summed E-state index contributed by atoms with van der Waals surface area (Å²) in [6, 6.07) is 34.1. The van der Waals surface area contributed by atoms with E-state index in [0.717, 1.165) is 16.8 Å². The maximum absolute atomic E-state index is 12.9. The van der Waals surface area contributed by atoms with E-state index in [1.54, 1.807) is 0 Å². The standard InChI is InChI=1S/C32H28N2O2S2/c1-21-13-5-8-16-24(21)31(25-17-9-6-14-22(25)2)26-18-10-11-19-27(26)32(38-31)34(28-20-12-7-15-23(28)3)33-29(37-32)30(35)36-4/h5-20H,1-4H3/t32-/m1/s1. The molecule has 0 fully saturated rings. The van der Waals surface area contributed by atoms with E-state index in [1.807, 2.05) is 28.9 Å². The van der Waals surface area contributed by atoms with Crippen molar-refractivity contribution in [3.05, 3.63) is 136 Å². The Kier molecular flexibility index (Phi) is 6.12. The number of rotatable bonds is 4. The van der Waals surface area contributed by atoms with Gasteiger partial charge in [-0.3, -0.25) is 0 Å². The summed E-state index contributed by atoms with van der Waals surface area (Å²) in [7, 11) is 1.41. The zero-order chi connectivity index (χ0) is 26.5. The monoisotopic (exact) mass is 536 g/mol. The molecule has 0 aliphatic carbocycles. The number of aryl methyl sites for hydroxylation is 3. The van der Waals surface area contributed by atoms with Gasteiger partial charge in [-0.2, -0.15) is 5.10 Å². The molecule has 0 bridgehead atoms. The lowest BCUT2D eigenvalue weighted by Gasteiger charge is -2.38. The van der Waals surface area contributed by atoms with Crippen molar-refractivity contribution in [2.75, 3.05) is 12.1 Å². The number of hydrazone groups is 1. The number of carbonyl (C=O) groups excluding carboxylic acids is 1. The smallest absolute Gasteiger partial charge is 0.365 e. The second kappa shape index (κ2) is 9.37. The van der Waals surface area contributed by atoms with Crippen molar-refractivity contribution >= 4 is 40.2 Å². The van der Waals surface area contributed by atoms with Crippen molar-refractivity contribution in [2.45, 2.75) is 29.7 Å². The molecule has 0 unspecified atom stereocenters. The normalized spacial score (nSPS) is 19.4. The first-order chi connectivity index (χ1) is 18.4. The average molecular weight is 537 g/mol. The molecule has 190 valence electrons. The predicted octanol–water partition coefficient (Wildman–Crippen LogP) is 7.50. The SMILES string of the molecule is COC(=O)C1=NN(c2ccccc2C)[C@]2(S1)SC(c1ccccc1C)(c1ccccc1C)c1ccccc12. The van der Waals surface area contributed by atoms with E-state index in [-0.39, 0.29) is 0 Å². The molecule has 0 radical (unpaired) electrons. The number of ether oxygens (including phenoxy) is 1. The highest BCUT2D eigenvalue weighted by Gasteiger charge is 2.62. The van der Waals surface area contributed by atoms with Gasteiger partial charge >= 0.3 is 5.97 Å². The van der Waals surface area contributed by atoms with Gasteiger partial charge in [0, 0.05) is 5.56 Å². The summed E-state index contributed by atoms with van der Waals surface area (Å²) < 4.78 is 3.92. The number of hydrogen-bond acceptors (Lipinski definition) is 6. The summed E-state index contributed by atoms with van der Waals surface area (Å²) in [6.45, 7) is 6.45. The third-order valence-corrected chi connectivity index (χ3v) is 10.6. The van der Waals surface area contributed by atoms with Gasteiger partial charge in [0.05, 0.1) is 17.5 Å². The van der Waals surface area contributed by atoms with Crippen molar-refractivity contribution in [3.8, 4) is 0 Å². The molecule has 1 atom stereocenters. The Morgan fingerprint density at radius 1 is 0.711 bits per heavy atom. The lowest BCUT2D eigenvalue weighted by Crippen LogP contribution is -2.34. The molecule has 0 aromatic heterocycles. The third kappa shape index (κ3) is 3.54. The van der Waals surface area contributed by atoms with Crippen LogP contribution in [-0.4, -0.2) is 18.1 Å². The molecule has 2 heterocycles. The largest absolute Gasteiger partial charge is 0.464 e. The van der Waals surface area contributed by atoms with Gasteiger partial charge in [0.15, 0.2) is 4.20 Å². The van der Waals surface area contributed by atoms with E-state index < -0.39 is 14.9 Å². The number of fused-ring (bicyclic) bond motifs is 2. The van der Waals surface area contributed by atoms with E-state index >= 15 is 0 Å². The van der Waals surface area contributed by atoms with Gasteiger partial charge in [-0.05, 0) is 60.2 Å². The van der Waals surface area contributed by atoms with Gasteiger partial charge in [0.2, 0.25) is 5.04 Å². The zero-order valence-electron chi connectivity index (χ0n) is 21.8. The number of nitrogens with zero attached hydrogens (tertiary/aromatic N) is 2. The van der Waals surface area contributed by atoms with Crippen molar-refractivity contribution < 1.29 is 9.53 Å².